The minimum absolute atomic E-state index is 0.168. The van der Waals surface area contributed by atoms with Crippen LogP contribution in [0.3, 0.4) is 0 Å². The number of likely N-dealkylation sites (tertiary alicyclic amines) is 1. The SMILES string of the molecule is CC(C)(C)OC(=O)N1CCC(CP)C1. The third kappa shape index (κ3) is 3.45. The van der Waals surface area contributed by atoms with Crippen molar-refractivity contribution < 1.29 is 9.53 Å². The highest BCUT2D eigenvalue weighted by atomic mass is 31.0. The van der Waals surface area contributed by atoms with Gasteiger partial charge in [0.15, 0.2) is 0 Å². The molecule has 1 rings (SSSR count). The van der Waals surface area contributed by atoms with Gasteiger partial charge in [0.25, 0.3) is 0 Å². The third-order valence-electron chi connectivity index (χ3n) is 2.27. The van der Waals surface area contributed by atoms with E-state index >= 15 is 0 Å². The summed E-state index contributed by atoms with van der Waals surface area (Å²) in [5, 5.41) is 0. The van der Waals surface area contributed by atoms with E-state index in [1.165, 1.54) is 0 Å². The Morgan fingerprint density at radius 2 is 2.21 bits per heavy atom. The van der Waals surface area contributed by atoms with Gasteiger partial charge in [-0.15, -0.1) is 9.24 Å². The molecule has 1 saturated heterocycles. The first-order valence-electron chi connectivity index (χ1n) is 5.10. The van der Waals surface area contributed by atoms with Crippen LogP contribution in [0.1, 0.15) is 27.2 Å². The minimum atomic E-state index is -0.379. The number of nitrogens with zero attached hydrogens (tertiary/aromatic N) is 1. The fourth-order valence-electron chi connectivity index (χ4n) is 1.52. The lowest BCUT2D eigenvalue weighted by molar-refractivity contribution is 0.0289. The molecule has 1 aliphatic heterocycles. The van der Waals surface area contributed by atoms with Gasteiger partial charge in [-0.1, -0.05) is 0 Å². The highest BCUT2D eigenvalue weighted by Gasteiger charge is 2.28. The van der Waals surface area contributed by atoms with Gasteiger partial charge in [-0.3, -0.25) is 0 Å². The van der Waals surface area contributed by atoms with E-state index in [0.717, 1.165) is 25.7 Å². The Bertz CT molecular complexity index is 213. The summed E-state index contributed by atoms with van der Waals surface area (Å²) in [7, 11) is 2.73. The van der Waals surface area contributed by atoms with Crippen molar-refractivity contribution in [3.8, 4) is 0 Å². The van der Waals surface area contributed by atoms with E-state index in [2.05, 4.69) is 9.24 Å². The maximum absolute atomic E-state index is 11.6. The first-order valence-corrected chi connectivity index (χ1v) is 5.92. The molecule has 1 fully saturated rings. The van der Waals surface area contributed by atoms with Gasteiger partial charge >= 0.3 is 6.09 Å². The molecule has 2 unspecified atom stereocenters. The molecule has 4 heteroatoms. The molecular weight excluding hydrogens is 197 g/mol. The number of carbonyl (C=O) groups excluding carboxylic acids is 1. The standard InChI is InChI=1S/C10H20NO2P/c1-10(2,3)13-9(12)11-5-4-8(6-11)7-14/h8H,4-7,14H2,1-3H3. The first-order chi connectivity index (χ1) is 6.42. The smallest absolute Gasteiger partial charge is 0.410 e. The molecule has 0 aliphatic carbocycles. The minimum Gasteiger partial charge on any atom is -0.444 e. The topological polar surface area (TPSA) is 29.5 Å². The van der Waals surface area contributed by atoms with E-state index in [9.17, 15) is 4.79 Å². The molecule has 1 aliphatic rings. The second kappa shape index (κ2) is 4.48. The predicted molar refractivity (Wildman–Crippen MR) is 60.5 cm³/mol. The summed E-state index contributed by atoms with van der Waals surface area (Å²) in [5.74, 6) is 0.632. The summed E-state index contributed by atoms with van der Waals surface area (Å²) in [6.45, 7) is 7.38. The molecule has 0 aromatic carbocycles. The zero-order valence-corrected chi connectivity index (χ0v) is 10.4. The predicted octanol–water partition coefficient (Wildman–Crippen LogP) is 2.12. The average Bonchev–Trinajstić information content (AvgIpc) is 2.48. The van der Waals surface area contributed by atoms with Gasteiger partial charge in [0.2, 0.25) is 0 Å². The number of carbonyl (C=O) groups is 1. The van der Waals surface area contributed by atoms with Crippen molar-refractivity contribution in [2.45, 2.75) is 32.8 Å². The first kappa shape index (κ1) is 11.8. The van der Waals surface area contributed by atoms with E-state index in [1.807, 2.05) is 20.8 Å². The molecule has 1 heterocycles. The molecule has 0 N–H and O–H groups in total. The number of amides is 1. The van der Waals surface area contributed by atoms with Gasteiger partial charge in [-0.25, -0.2) is 4.79 Å². The number of rotatable bonds is 1. The van der Waals surface area contributed by atoms with Crippen LogP contribution in [-0.4, -0.2) is 35.8 Å². The molecule has 1 amide bonds. The van der Waals surface area contributed by atoms with Crippen molar-refractivity contribution >= 4 is 15.3 Å². The van der Waals surface area contributed by atoms with E-state index in [1.54, 1.807) is 4.90 Å². The monoisotopic (exact) mass is 217 g/mol. The van der Waals surface area contributed by atoms with Gasteiger partial charge in [0.1, 0.15) is 5.60 Å². The fraction of sp³-hybridized carbons (Fsp3) is 0.900. The quantitative estimate of drug-likeness (QED) is 0.630. The van der Waals surface area contributed by atoms with Gasteiger partial charge in [0.05, 0.1) is 0 Å². The van der Waals surface area contributed by atoms with E-state index in [0.29, 0.717) is 5.92 Å². The number of hydrogen-bond donors (Lipinski definition) is 0. The molecule has 0 radical (unpaired) electrons. The molecule has 82 valence electrons. The second-order valence-corrected chi connectivity index (χ2v) is 5.29. The van der Waals surface area contributed by atoms with Crippen molar-refractivity contribution in [2.24, 2.45) is 5.92 Å². The summed E-state index contributed by atoms with van der Waals surface area (Å²) in [5.41, 5.74) is -0.379. The fourth-order valence-corrected chi connectivity index (χ4v) is 1.90. The lowest BCUT2D eigenvalue weighted by atomic mass is 10.2. The number of ether oxygens (including phenoxy) is 1. The number of hydrogen-bond acceptors (Lipinski definition) is 2. The zero-order chi connectivity index (χ0) is 10.8. The molecule has 0 aromatic heterocycles. The van der Waals surface area contributed by atoms with Crippen molar-refractivity contribution in [1.29, 1.82) is 0 Å². The van der Waals surface area contributed by atoms with Crippen LogP contribution in [-0.2, 0) is 4.74 Å². The molecule has 0 bridgehead atoms. The van der Waals surface area contributed by atoms with Crippen LogP contribution in [0.5, 0.6) is 0 Å². The van der Waals surface area contributed by atoms with Crippen molar-refractivity contribution in [2.75, 3.05) is 19.3 Å². The summed E-state index contributed by atoms with van der Waals surface area (Å²) in [6, 6.07) is 0. The van der Waals surface area contributed by atoms with Gasteiger partial charge < -0.3 is 9.64 Å². The van der Waals surface area contributed by atoms with Crippen LogP contribution < -0.4 is 0 Å². The Labute approximate surface area is 88.4 Å². The second-order valence-electron chi connectivity index (χ2n) is 4.82. The zero-order valence-electron chi connectivity index (χ0n) is 9.25. The van der Waals surface area contributed by atoms with Gasteiger partial charge in [0, 0.05) is 13.1 Å². The van der Waals surface area contributed by atoms with Crippen LogP contribution in [0.15, 0.2) is 0 Å². The highest BCUT2D eigenvalue weighted by molar-refractivity contribution is 7.16. The Balaban J connectivity index is 2.40. The maximum atomic E-state index is 11.6. The summed E-state index contributed by atoms with van der Waals surface area (Å²) >= 11 is 0. The molecule has 0 saturated carbocycles. The average molecular weight is 217 g/mol. The van der Waals surface area contributed by atoms with Crippen LogP contribution in [0, 0.1) is 5.92 Å². The molecule has 3 nitrogen and oxygen atoms in total. The lowest BCUT2D eigenvalue weighted by Gasteiger charge is -2.24. The third-order valence-corrected chi connectivity index (χ3v) is 2.94. The Morgan fingerprint density at radius 1 is 1.57 bits per heavy atom. The van der Waals surface area contributed by atoms with Crippen LogP contribution in [0.25, 0.3) is 0 Å². The van der Waals surface area contributed by atoms with E-state index in [-0.39, 0.29) is 11.7 Å². The van der Waals surface area contributed by atoms with Crippen molar-refractivity contribution in [3.63, 3.8) is 0 Å². The van der Waals surface area contributed by atoms with E-state index in [4.69, 9.17) is 4.74 Å². The van der Waals surface area contributed by atoms with Crippen LogP contribution >= 0.6 is 9.24 Å². The maximum Gasteiger partial charge on any atom is 0.410 e. The van der Waals surface area contributed by atoms with Gasteiger partial charge in [-0.05, 0) is 39.3 Å². The molecule has 2 atom stereocenters. The molecule has 0 spiro atoms. The normalized spacial score (nSPS) is 22.6. The lowest BCUT2D eigenvalue weighted by Crippen LogP contribution is -2.35. The Morgan fingerprint density at radius 3 is 2.64 bits per heavy atom. The largest absolute Gasteiger partial charge is 0.444 e. The molecular formula is C10H20NO2P. The Hall–Kier alpha value is -0.300. The highest BCUT2D eigenvalue weighted by Crippen LogP contribution is 2.20. The molecule has 14 heavy (non-hydrogen) atoms. The van der Waals surface area contributed by atoms with Crippen LogP contribution in [0.4, 0.5) is 4.79 Å². The Kier molecular flexibility index (Phi) is 3.77. The van der Waals surface area contributed by atoms with Crippen molar-refractivity contribution in [1.82, 2.24) is 4.90 Å². The molecule has 0 aromatic rings. The van der Waals surface area contributed by atoms with Gasteiger partial charge in [-0.2, -0.15) is 0 Å². The summed E-state index contributed by atoms with van der Waals surface area (Å²) < 4.78 is 5.29. The van der Waals surface area contributed by atoms with Crippen LogP contribution in [0.2, 0.25) is 0 Å². The van der Waals surface area contributed by atoms with Crippen molar-refractivity contribution in [3.05, 3.63) is 0 Å². The summed E-state index contributed by atoms with van der Waals surface area (Å²) in [6.07, 6.45) is 2.00. The van der Waals surface area contributed by atoms with E-state index < -0.39 is 0 Å². The summed E-state index contributed by atoms with van der Waals surface area (Å²) in [4.78, 5) is 13.4.